The lowest BCUT2D eigenvalue weighted by atomic mass is 10.0. The number of carbonyl (C=O) groups excluding carboxylic acids is 5. The smallest absolute Gasteiger partial charge is 0.255 e. The fourth-order valence-electron chi connectivity index (χ4n) is 15.1. The third-order valence-electron chi connectivity index (χ3n) is 23.1. The fraction of sp³-hybridized carbons (Fsp3) is 0.283. The van der Waals surface area contributed by atoms with Gasteiger partial charge in [-0.15, -0.1) is 0 Å². The Kier molecular flexibility index (Phi) is 31.5. The van der Waals surface area contributed by atoms with Crippen LogP contribution in [0.1, 0.15) is 197 Å². The highest BCUT2D eigenvalue weighted by Crippen LogP contribution is 2.30. The number of benzene rings is 9. The van der Waals surface area contributed by atoms with Crippen molar-refractivity contribution in [3.63, 3.8) is 0 Å². The van der Waals surface area contributed by atoms with E-state index in [1.165, 1.54) is 96.6 Å². The van der Waals surface area contributed by atoms with Gasteiger partial charge in [0.05, 0.1) is 42.6 Å². The quantitative estimate of drug-likeness (QED) is 0.0199. The summed E-state index contributed by atoms with van der Waals surface area (Å²) in [7, 11) is 4.01. The van der Waals surface area contributed by atoms with Crippen molar-refractivity contribution in [1.82, 2.24) is 45.7 Å². The van der Waals surface area contributed by atoms with Crippen molar-refractivity contribution in [3.05, 3.63) is 349 Å². The first-order valence-electron chi connectivity index (χ1n) is 42.0. The van der Waals surface area contributed by atoms with Gasteiger partial charge in [-0.05, 0) is 254 Å². The Labute approximate surface area is 735 Å². The van der Waals surface area contributed by atoms with Crippen LogP contribution in [0.3, 0.4) is 0 Å². The summed E-state index contributed by atoms with van der Waals surface area (Å²) in [6.07, 6.45) is 2.00. The second-order valence-corrected chi connectivity index (χ2v) is 32.6. The number of halogens is 1. The predicted molar refractivity (Wildman–Crippen MR) is 498 cm³/mol. The van der Waals surface area contributed by atoms with Crippen LogP contribution in [0.4, 0.5) is 39.0 Å². The first kappa shape index (κ1) is 92.7. The summed E-state index contributed by atoms with van der Waals surface area (Å²) < 4.78 is 18.5. The largest absolute Gasteiger partial charge is 0.392 e. The van der Waals surface area contributed by atoms with Crippen LogP contribution in [0.5, 0.6) is 0 Å². The molecule has 0 saturated carbocycles. The number of carbonyl (C=O) groups is 5. The lowest BCUT2D eigenvalue weighted by molar-refractivity contribution is 0.0342. The molecule has 5 amide bonds. The lowest BCUT2D eigenvalue weighted by Gasteiger charge is -2.26. The number of aliphatic hydroxyl groups is 1. The minimum atomic E-state index is -0.569. The number of amides is 5. The van der Waals surface area contributed by atoms with E-state index in [4.69, 9.17) is 27.7 Å². The number of nitrogens with two attached hydrogens (primary N) is 4. The van der Waals surface area contributed by atoms with Gasteiger partial charge >= 0.3 is 0 Å². The number of morpholine rings is 1. The minimum Gasteiger partial charge on any atom is -0.392 e. The molecule has 0 spiro atoms. The van der Waals surface area contributed by atoms with Gasteiger partial charge in [0, 0.05) is 103 Å². The third-order valence-corrected chi connectivity index (χ3v) is 23.1. The number of aliphatic hydroxyl groups excluding tert-OH is 1. The van der Waals surface area contributed by atoms with Gasteiger partial charge < -0.3 is 64.3 Å². The number of aryl methyl sites for hydroxylation is 8. The molecule has 9 aromatic carbocycles. The van der Waals surface area contributed by atoms with Gasteiger partial charge in [-0.3, -0.25) is 49.3 Å². The average Bonchev–Trinajstić information content (AvgIpc) is 1.68. The summed E-state index contributed by atoms with van der Waals surface area (Å²) >= 11 is 0. The maximum atomic E-state index is 13.1. The Morgan fingerprint density at radius 2 is 0.698 bits per heavy atom. The lowest BCUT2D eigenvalue weighted by Crippen LogP contribution is -2.35. The molecule has 1 aliphatic rings. The second-order valence-electron chi connectivity index (χ2n) is 32.6. The molecule has 18 N–H and O–H groups in total. The molecular formula is C99H116FN19O7. The highest BCUT2D eigenvalue weighted by Gasteiger charge is 2.25. The van der Waals surface area contributed by atoms with E-state index < -0.39 is 29.4 Å². The average molecular weight is 1700 g/mol. The molecule has 0 unspecified atom stereocenters. The topological polar surface area (TPSA) is 400 Å². The number of hydrogen-bond acceptors (Lipinski definition) is 17. The van der Waals surface area contributed by atoms with E-state index in [0.717, 1.165) is 94.3 Å². The van der Waals surface area contributed by atoms with Crippen LogP contribution in [0, 0.1) is 88.9 Å². The van der Waals surface area contributed by atoms with Gasteiger partial charge in [-0.25, -0.2) is 4.39 Å². The summed E-state index contributed by atoms with van der Waals surface area (Å²) in [6, 6.07) is 53.9. The summed E-state index contributed by atoms with van der Waals surface area (Å²) in [4.78, 5) is 65.4. The standard InChI is InChI=1S/C28H28FN5O2.C26H33N5O2.C23H29N5O.C22H26N4O2/c1-16-12-20(13-17(2)18(16)3)15-31-27-25(26(30)35)24(33-34-27)14-19-4-10-23(11-5-19)32-28(36)21-6-8-22(29)9-7-21;1-17-12-22(13-18(2)19(17)3)15-28-26-24(25(27)32)23(29-30-26)14-20-4-6-21(7-5-20)16-31-8-10-33-11-9-31;1-14-10-18(11-15(2)16(14)3)13-25-23-21(22(24)29)20(26-27-23)12-17-6-8-19(9-7-17)28(4)5;1-13-7-18(8-14(2)15(13)3)11-24-22-20(21(23)28)19(25-26-22)10-16-5-4-6-17(9-16)12-27/h4-13H,14-15H2,1-3H3,(H2,30,35)(H,32,36)(H2,31,33,34);4-7,12-13H,8-11,14-16H2,1-3H3,(H2,27,32)(H2,28,29,30);6-11H,12-13H2,1-5H3,(H2,24,29)(H2,25,26,27);4-9,27H,10-12H2,1-3H3,(H2,23,28)(H2,24,25,26). The summed E-state index contributed by atoms with van der Waals surface area (Å²) in [5.41, 5.74) is 54.7. The molecule has 656 valence electrons. The van der Waals surface area contributed by atoms with Crippen LogP contribution in [0.25, 0.3) is 0 Å². The Bertz CT molecular complexity index is 5910. The molecule has 5 heterocycles. The Morgan fingerprint density at radius 3 is 1.02 bits per heavy atom. The van der Waals surface area contributed by atoms with Gasteiger partial charge in [-0.1, -0.05) is 121 Å². The van der Waals surface area contributed by atoms with Gasteiger partial charge in [0.2, 0.25) is 0 Å². The molecule has 1 aliphatic heterocycles. The zero-order valence-corrected chi connectivity index (χ0v) is 74.3. The van der Waals surface area contributed by atoms with Crippen LogP contribution in [-0.4, -0.2) is 121 Å². The van der Waals surface area contributed by atoms with Crippen LogP contribution in [0.2, 0.25) is 0 Å². The molecule has 0 aliphatic carbocycles. The molecule has 0 atom stereocenters. The van der Waals surface area contributed by atoms with E-state index in [9.17, 15) is 33.5 Å². The summed E-state index contributed by atoms with van der Waals surface area (Å²) in [5.74, 6) is -0.940. The molecule has 4 aromatic heterocycles. The van der Waals surface area contributed by atoms with Crippen molar-refractivity contribution in [3.8, 4) is 0 Å². The molecule has 1 fully saturated rings. The highest BCUT2D eigenvalue weighted by molar-refractivity contribution is 6.04. The van der Waals surface area contributed by atoms with Crippen molar-refractivity contribution < 1.29 is 38.2 Å². The predicted octanol–water partition coefficient (Wildman–Crippen LogP) is 15.3. The zero-order chi connectivity index (χ0) is 90.6. The van der Waals surface area contributed by atoms with E-state index in [1.807, 2.05) is 67.5 Å². The van der Waals surface area contributed by atoms with Crippen molar-refractivity contribution in [2.75, 3.05) is 71.9 Å². The number of aromatic amines is 4. The number of anilines is 6. The molecular weight excluding hydrogens is 1590 g/mol. The summed E-state index contributed by atoms with van der Waals surface area (Å²) in [5, 5.41) is 54.2. The monoisotopic (exact) mass is 1700 g/mol. The van der Waals surface area contributed by atoms with Gasteiger partial charge in [-0.2, -0.15) is 20.4 Å². The fourth-order valence-corrected chi connectivity index (χ4v) is 15.1. The molecule has 1 saturated heterocycles. The van der Waals surface area contributed by atoms with Crippen molar-refractivity contribution in [2.24, 2.45) is 22.9 Å². The first-order chi connectivity index (χ1) is 60.2. The van der Waals surface area contributed by atoms with Crippen LogP contribution < -0.4 is 54.4 Å². The number of nitrogens with one attached hydrogen (secondary N) is 9. The highest BCUT2D eigenvalue weighted by atomic mass is 19.1. The Balaban J connectivity index is 0.000000164. The second kappa shape index (κ2) is 42.9. The number of aromatic nitrogens is 8. The van der Waals surface area contributed by atoms with Gasteiger partial charge in [0.25, 0.3) is 29.5 Å². The van der Waals surface area contributed by atoms with Crippen LogP contribution in [-0.2, 0) is 69.8 Å². The first-order valence-corrected chi connectivity index (χ1v) is 42.0. The number of nitrogens with zero attached hydrogens (tertiary/aromatic N) is 6. The molecule has 13 aromatic rings. The normalized spacial score (nSPS) is 11.7. The molecule has 0 radical (unpaired) electrons. The van der Waals surface area contributed by atoms with Crippen LogP contribution >= 0.6 is 0 Å². The number of primary amides is 4. The van der Waals surface area contributed by atoms with E-state index in [1.54, 1.807) is 12.1 Å². The number of hydrogen-bond donors (Lipinski definition) is 14. The molecule has 27 heteroatoms. The van der Waals surface area contributed by atoms with E-state index in [2.05, 4.69) is 240 Å². The number of rotatable bonds is 30. The van der Waals surface area contributed by atoms with Gasteiger partial charge in [0.1, 0.15) is 28.1 Å². The number of ether oxygens (including phenoxy) is 1. The SMILES string of the molecule is Cc1cc(CNc2n[nH]c(Cc3ccc(CN4CCOCC4)cc3)c2C(N)=O)cc(C)c1C.Cc1cc(CNc2n[nH]c(Cc3ccc(N(C)C)cc3)c2C(N)=O)cc(C)c1C.Cc1cc(CNc2n[nH]c(Cc3ccc(NC(=O)c4ccc(F)cc4)cc3)c2C(N)=O)cc(C)c1C.Cc1cc(CNc2n[nH]c(Cc3cccc(CO)c3)c2C(N)=O)cc(C)c1C. The molecule has 0 bridgehead atoms. The van der Waals surface area contributed by atoms with Crippen molar-refractivity contribution in [2.45, 2.75) is 148 Å². The Hall–Kier alpha value is -14.0. The molecule has 126 heavy (non-hydrogen) atoms. The molecule has 14 rings (SSSR count). The van der Waals surface area contributed by atoms with E-state index in [-0.39, 0.29) is 12.5 Å². The molecule has 26 nitrogen and oxygen atoms in total. The van der Waals surface area contributed by atoms with Crippen molar-refractivity contribution in [1.29, 1.82) is 0 Å². The van der Waals surface area contributed by atoms with Crippen LogP contribution in [0.15, 0.2) is 170 Å². The van der Waals surface area contributed by atoms with Gasteiger partial charge in [0.15, 0.2) is 23.3 Å². The maximum Gasteiger partial charge on any atom is 0.255 e. The van der Waals surface area contributed by atoms with Crippen molar-refractivity contribution >= 4 is 64.2 Å². The third kappa shape index (κ3) is 24.7. The minimum absolute atomic E-state index is 0.0261. The maximum absolute atomic E-state index is 13.1. The number of H-pyrrole nitrogens is 4. The Morgan fingerprint density at radius 1 is 0.397 bits per heavy atom. The van der Waals surface area contributed by atoms with E-state index in [0.29, 0.717) is 126 Å². The zero-order valence-electron chi connectivity index (χ0n) is 74.3. The summed E-state index contributed by atoms with van der Waals surface area (Å²) in [6.45, 7) is 31.9. The van der Waals surface area contributed by atoms with E-state index >= 15 is 0 Å².